The first-order chi connectivity index (χ1) is 11.7. The lowest BCUT2D eigenvalue weighted by atomic mass is 10.1. The van der Waals surface area contributed by atoms with E-state index in [2.05, 4.69) is 44.3 Å². The van der Waals surface area contributed by atoms with Crippen LogP contribution in [-0.2, 0) is 4.79 Å². The van der Waals surface area contributed by atoms with Gasteiger partial charge in [-0.15, -0.1) is 16.4 Å². The number of thiazole rings is 1. The molecule has 0 aliphatic rings. The van der Waals surface area contributed by atoms with Crippen LogP contribution >= 0.6 is 11.3 Å². The van der Waals surface area contributed by atoms with Crippen LogP contribution in [0.25, 0.3) is 11.5 Å². The zero-order chi connectivity index (χ0) is 16.9. The maximum absolute atomic E-state index is 11.4. The number of carbonyl (C=O) groups excluding carboxylic acids is 1. The number of aldehydes is 1. The topological polar surface area (TPSA) is 96.5 Å². The maximum Gasteiger partial charge on any atom is 0.242 e. The summed E-state index contributed by atoms with van der Waals surface area (Å²) in [4.78, 5) is 24.5. The van der Waals surface area contributed by atoms with Crippen LogP contribution in [0.15, 0.2) is 29.8 Å². The van der Waals surface area contributed by atoms with E-state index in [0.717, 1.165) is 17.0 Å². The lowest BCUT2D eigenvalue weighted by Crippen LogP contribution is -2.15. The van der Waals surface area contributed by atoms with Crippen molar-refractivity contribution in [3.05, 3.63) is 40.5 Å². The van der Waals surface area contributed by atoms with E-state index >= 15 is 0 Å². The predicted octanol–water partition coefficient (Wildman–Crippen LogP) is 2.84. The van der Waals surface area contributed by atoms with Crippen molar-refractivity contribution in [2.24, 2.45) is 0 Å². The molecule has 124 valence electrons. The van der Waals surface area contributed by atoms with Crippen molar-refractivity contribution in [2.45, 2.75) is 25.7 Å². The third kappa shape index (κ3) is 3.65. The molecule has 3 heterocycles. The Balaban J connectivity index is 1.65. The molecule has 0 aliphatic heterocycles. The number of aromatic nitrogens is 5. The van der Waals surface area contributed by atoms with Crippen molar-refractivity contribution in [3.63, 3.8) is 0 Å². The quantitative estimate of drug-likeness (QED) is 0.641. The van der Waals surface area contributed by atoms with Gasteiger partial charge >= 0.3 is 0 Å². The van der Waals surface area contributed by atoms with Gasteiger partial charge in [0.2, 0.25) is 5.95 Å². The molecule has 3 aromatic heterocycles. The fourth-order valence-corrected chi connectivity index (χ4v) is 3.02. The second-order valence-corrected chi connectivity index (χ2v) is 6.50. The third-order valence-corrected chi connectivity index (χ3v) is 4.61. The summed E-state index contributed by atoms with van der Waals surface area (Å²) in [5.74, 6) is 1.04. The van der Waals surface area contributed by atoms with E-state index in [1.54, 1.807) is 17.5 Å². The van der Waals surface area contributed by atoms with E-state index in [-0.39, 0.29) is 5.92 Å². The van der Waals surface area contributed by atoms with Crippen molar-refractivity contribution >= 4 is 23.6 Å². The molecule has 3 aromatic rings. The molecule has 0 saturated heterocycles. The van der Waals surface area contributed by atoms with Crippen LogP contribution in [0.2, 0.25) is 0 Å². The highest BCUT2D eigenvalue weighted by Gasteiger charge is 2.16. The smallest absolute Gasteiger partial charge is 0.242 e. The van der Waals surface area contributed by atoms with Gasteiger partial charge in [-0.25, -0.2) is 4.98 Å². The fraction of sp³-hybridized carbons (Fsp3) is 0.312. The van der Waals surface area contributed by atoms with Crippen molar-refractivity contribution in [3.8, 4) is 11.5 Å². The Morgan fingerprint density at radius 3 is 2.88 bits per heavy atom. The summed E-state index contributed by atoms with van der Waals surface area (Å²) >= 11 is 1.58. The van der Waals surface area contributed by atoms with Crippen molar-refractivity contribution < 1.29 is 4.79 Å². The highest BCUT2D eigenvalue weighted by molar-refractivity contribution is 7.09. The molecule has 0 aliphatic carbocycles. The molecule has 0 amide bonds. The molecule has 1 unspecified atom stereocenters. The third-order valence-electron chi connectivity index (χ3n) is 3.45. The number of anilines is 1. The van der Waals surface area contributed by atoms with E-state index in [4.69, 9.17) is 0 Å². The molecule has 7 nitrogen and oxygen atoms in total. The highest BCUT2D eigenvalue weighted by Crippen LogP contribution is 2.23. The molecule has 0 bridgehead atoms. The van der Waals surface area contributed by atoms with Gasteiger partial charge in [-0.2, -0.15) is 4.98 Å². The normalized spacial score (nSPS) is 12.3. The molecule has 8 heteroatoms. The molecule has 1 atom stereocenters. The van der Waals surface area contributed by atoms with Crippen LogP contribution in [0.1, 0.15) is 36.4 Å². The van der Waals surface area contributed by atoms with Gasteiger partial charge < -0.3 is 10.1 Å². The van der Waals surface area contributed by atoms with Crippen LogP contribution in [0.3, 0.4) is 0 Å². The molecule has 24 heavy (non-hydrogen) atoms. The molecular weight excluding hydrogens is 324 g/mol. The Bertz CT molecular complexity index is 798. The monoisotopic (exact) mass is 342 g/mol. The molecule has 0 spiro atoms. The minimum absolute atomic E-state index is 0.328. The predicted molar refractivity (Wildman–Crippen MR) is 93.1 cm³/mol. The van der Waals surface area contributed by atoms with Gasteiger partial charge in [-0.05, 0) is 12.1 Å². The summed E-state index contributed by atoms with van der Waals surface area (Å²) in [5.41, 5.74) is 1.50. The summed E-state index contributed by atoms with van der Waals surface area (Å²) in [6.07, 6.45) is 2.60. The van der Waals surface area contributed by atoms with Gasteiger partial charge in [0.1, 0.15) is 12.0 Å². The summed E-state index contributed by atoms with van der Waals surface area (Å²) in [5, 5.41) is 13.0. The van der Waals surface area contributed by atoms with Crippen LogP contribution in [0.5, 0.6) is 0 Å². The molecule has 2 N–H and O–H groups in total. The van der Waals surface area contributed by atoms with Gasteiger partial charge in [0.05, 0.1) is 16.6 Å². The molecule has 3 rings (SSSR count). The Morgan fingerprint density at radius 2 is 2.21 bits per heavy atom. The number of rotatable bonds is 7. The van der Waals surface area contributed by atoms with E-state index in [1.165, 1.54) is 0 Å². The van der Waals surface area contributed by atoms with Crippen LogP contribution < -0.4 is 5.32 Å². The number of nitrogens with zero attached hydrogens (tertiary/aromatic N) is 4. The standard InChI is InChI=1S/C16H18N6OS/c1-10(2)15-19-13(9-24-15)11(8-23)7-18-16-20-14(21-22-16)12-5-3-4-6-17-12/h3-6,8-11H,7H2,1-2H3,(H2,18,20,21,22). The summed E-state index contributed by atoms with van der Waals surface area (Å²) in [6.45, 7) is 4.57. The molecule has 0 radical (unpaired) electrons. The van der Waals surface area contributed by atoms with E-state index in [1.807, 2.05) is 23.6 Å². The summed E-state index contributed by atoms with van der Waals surface area (Å²) in [6, 6.07) is 5.57. The fourth-order valence-electron chi connectivity index (χ4n) is 2.12. The second-order valence-electron chi connectivity index (χ2n) is 5.61. The lowest BCUT2D eigenvalue weighted by molar-refractivity contribution is -0.108. The number of nitrogens with one attached hydrogen (secondary N) is 2. The van der Waals surface area contributed by atoms with Crippen molar-refractivity contribution in [1.82, 2.24) is 25.1 Å². The van der Waals surface area contributed by atoms with Crippen LogP contribution in [0.4, 0.5) is 5.95 Å². The largest absolute Gasteiger partial charge is 0.352 e. The SMILES string of the molecule is CC(C)c1nc(C(C=O)CNc2n[nH]c(-c3ccccn3)n2)cs1. The van der Waals surface area contributed by atoms with Gasteiger partial charge in [-0.1, -0.05) is 19.9 Å². The van der Waals surface area contributed by atoms with Crippen LogP contribution in [-0.4, -0.2) is 38.0 Å². The maximum atomic E-state index is 11.4. The minimum Gasteiger partial charge on any atom is -0.352 e. The Morgan fingerprint density at radius 1 is 1.33 bits per heavy atom. The Labute approximate surface area is 143 Å². The molecule has 0 saturated carbocycles. The first-order valence-electron chi connectivity index (χ1n) is 7.65. The van der Waals surface area contributed by atoms with Gasteiger partial charge in [0.15, 0.2) is 5.82 Å². The Kier molecular flexibility index (Phi) is 4.95. The highest BCUT2D eigenvalue weighted by atomic mass is 32.1. The molecular formula is C16H18N6OS. The molecule has 0 aromatic carbocycles. The number of aromatic amines is 1. The van der Waals surface area contributed by atoms with Crippen molar-refractivity contribution in [2.75, 3.05) is 11.9 Å². The van der Waals surface area contributed by atoms with Gasteiger partial charge in [0, 0.05) is 24.0 Å². The Hall–Kier alpha value is -2.61. The first kappa shape index (κ1) is 16.3. The lowest BCUT2D eigenvalue weighted by Gasteiger charge is -2.07. The van der Waals surface area contributed by atoms with E-state index < -0.39 is 0 Å². The average molecular weight is 342 g/mol. The zero-order valence-electron chi connectivity index (χ0n) is 13.4. The molecule has 0 fully saturated rings. The minimum atomic E-state index is -0.328. The number of pyridine rings is 1. The number of H-pyrrole nitrogens is 1. The number of hydrogen-bond donors (Lipinski definition) is 2. The summed E-state index contributed by atoms with van der Waals surface area (Å²) in [7, 11) is 0. The second kappa shape index (κ2) is 7.31. The van der Waals surface area contributed by atoms with E-state index in [9.17, 15) is 4.79 Å². The first-order valence-corrected chi connectivity index (χ1v) is 8.53. The number of carbonyl (C=O) groups is 1. The number of hydrogen-bond acceptors (Lipinski definition) is 7. The van der Waals surface area contributed by atoms with Gasteiger partial charge in [0.25, 0.3) is 0 Å². The van der Waals surface area contributed by atoms with Crippen LogP contribution in [0, 0.1) is 0 Å². The van der Waals surface area contributed by atoms with Gasteiger partial charge in [-0.3, -0.25) is 10.1 Å². The van der Waals surface area contributed by atoms with Crippen molar-refractivity contribution in [1.29, 1.82) is 0 Å². The van der Waals surface area contributed by atoms with E-state index in [0.29, 0.717) is 29.9 Å². The summed E-state index contributed by atoms with van der Waals surface area (Å²) < 4.78 is 0. The zero-order valence-corrected chi connectivity index (χ0v) is 14.2. The average Bonchev–Trinajstić information content (AvgIpc) is 3.26.